The van der Waals surface area contributed by atoms with Gasteiger partial charge in [0.2, 0.25) is 23.6 Å². The number of piperidine rings is 1. The average molecular weight is 481 g/mol. The molecule has 4 N–H and O–H groups in total. The van der Waals surface area contributed by atoms with Crippen molar-refractivity contribution in [3.63, 3.8) is 0 Å². The number of carbonyl (C=O) groups is 5. The molecule has 0 bridgehead atoms. The van der Waals surface area contributed by atoms with Gasteiger partial charge in [0.05, 0.1) is 0 Å². The molecule has 2 aliphatic heterocycles. The van der Waals surface area contributed by atoms with Crippen LogP contribution in [-0.2, 0) is 32.3 Å². The SMILES string of the molecule is NC(=O)C1CCC2(CC1)C[C@@H]2CCC(=O)NCc1ccc2c(c1)CN(C1CCC(=O)NC1=O)C2=O. The third-order valence-electron chi connectivity index (χ3n) is 8.54. The van der Waals surface area contributed by atoms with Gasteiger partial charge < -0.3 is 16.0 Å². The van der Waals surface area contributed by atoms with E-state index in [9.17, 15) is 24.0 Å². The predicted molar refractivity (Wildman–Crippen MR) is 125 cm³/mol. The number of benzene rings is 1. The Morgan fingerprint density at radius 1 is 1.14 bits per heavy atom. The summed E-state index contributed by atoms with van der Waals surface area (Å²) in [6.07, 6.45) is 6.89. The summed E-state index contributed by atoms with van der Waals surface area (Å²) in [4.78, 5) is 61.8. The topological polar surface area (TPSA) is 139 Å². The number of nitrogens with one attached hydrogen (secondary N) is 2. The molecule has 1 aromatic rings. The zero-order chi connectivity index (χ0) is 24.7. The van der Waals surface area contributed by atoms with Crippen molar-refractivity contribution in [2.45, 2.75) is 76.9 Å². The van der Waals surface area contributed by atoms with Gasteiger partial charge in [0.25, 0.3) is 5.91 Å². The minimum absolute atomic E-state index is 0.0135. The molecule has 5 amide bonds. The fourth-order valence-electron chi connectivity index (χ4n) is 6.26. The number of nitrogens with zero attached hydrogens (tertiary/aromatic N) is 1. The van der Waals surface area contributed by atoms with E-state index < -0.39 is 11.9 Å². The largest absolute Gasteiger partial charge is 0.369 e. The van der Waals surface area contributed by atoms with Crippen LogP contribution >= 0.6 is 0 Å². The Morgan fingerprint density at radius 3 is 2.63 bits per heavy atom. The lowest BCUT2D eigenvalue weighted by Gasteiger charge is -2.29. The molecule has 2 saturated carbocycles. The van der Waals surface area contributed by atoms with Crippen molar-refractivity contribution in [2.75, 3.05) is 0 Å². The lowest BCUT2D eigenvalue weighted by atomic mass is 9.77. The van der Waals surface area contributed by atoms with Gasteiger partial charge in [-0.3, -0.25) is 29.3 Å². The molecule has 2 atom stereocenters. The van der Waals surface area contributed by atoms with Gasteiger partial charge in [-0.15, -0.1) is 0 Å². The van der Waals surface area contributed by atoms with E-state index in [2.05, 4.69) is 10.6 Å². The second-order valence-electron chi connectivity index (χ2n) is 10.6. The van der Waals surface area contributed by atoms with E-state index >= 15 is 0 Å². The molecule has 35 heavy (non-hydrogen) atoms. The summed E-state index contributed by atoms with van der Waals surface area (Å²) < 4.78 is 0. The number of amides is 5. The van der Waals surface area contributed by atoms with Crippen molar-refractivity contribution >= 4 is 29.5 Å². The highest BCUT2D eigenvalue weighted by atomic mass is 16.2. The van der Waals surface area contributed by atoms with Crippen molar-refractivity contribution in [1.82, 2.24) is 15.5 Å². The molecule has 1 saturated heterocycles. The minimum Gasteiger partial charge on any atom is -0.369 e. The highest BCUT2D eigenvalue weighted by Gasteiger charge is 2.54. The van der Waals surface area contributed by atoms with E-state index in [4.69, 9.17) is 5.73 Å². The molecule has 0 aromatic heterocycles. The number of rotatable bonds is 7. The van der Waals surface area contributed by atoms with Crippen LogP contribution in [0.25, 0.3) is 0 Å². The summed E-state index contributed by atoms with van der Waals surface area (Å²) in [5, 5.41) is 5.29. The Morgan fingerprint density at radius 2 is 1.91 bits per heavy atom. The maximum Gasteiger partial charge on any atom is 0.255 e. The van der Waals surface area contributed by atoms with E-state index in [-0.39, 0.29) is 36.0 Å². The quantitative estimate of drug-likeness (QED) is 0.508. The zero-order valence-corrected chi connectivity index (χ0v) is 19.8. The summed E-state index contributed by atoms with van der Waals surface area (Å²) in [6, 6.07) is 4.86. The van der Waals surface area contributed by atoms with Crippen LogP contribution in [0.5, 0.6) is 0 Å². The van der Waals surface area contributed by atoms with Crippen molar-refractivity contribution in [1.29, 1.82) is 0 Å². The van der Waals surface area contributed by atoms with Crippen LogP contribution in [0.4, 0.5) is 0 Å². The second kappa shape index (κ2) is 9.09. The molecule has 9 heteroatoms. The van der Waals surface area contributed by atoms with Crippen LogP contribution < -0.4 is 16.4 Å². The van der Waals surface area contributed by atoms with Crippen LogP contribution in [0, 0.1) is 17.3 Å². The van der Waals surface area contributed by atoms with Crippen molar-refractivity contribution in [3.8, 4) is 0 Å². The Balaban J connectivity index is 1.09. The molecule has 5 rings (SSSR count). The van der Waals surface area contributed by atoms with Crippen molar-refractivity contribution < 1.29 is 24.0 Å². The third-order valence-corrected chi connectivity index (χ3v) is 8.54. The average Bonchev–Trinajstić information content (AvgIpc) is 3.40. The molecule has 1 spiro atoms. The van der Waals surface area contributed by atoms with Gasteiger partial charge in [0.15, 0.2) is 0 Å². The van der Waals surface area contributed by atoms with E-state index in [1.165, 1.54) is 4.90 Å². The molecular weight excluding hydrogens is 448 g/mol. The number of imide groups is 1. The Bertz CT molecular complexity index is 1090. The molecule has 1 unspecified atom stereocenters. The fourth-order valence-corrected chi connectivity index (χ4v) is 6.26. The van der Waals surface area contributed by atoms with Gasteiger partial charge in [-0.25, -0.2) is 0 Å². The Labute approximate surface area is 204 Å². The van der Waals surface area contributed by atoms with Crippen LogP contribution in [0.1, 0.15) is 79.3 Å². The third kappa shape index (κ3) is 4.68. The fraction of sp³-hybridized carbons (Fsp3) is 0.577. The first-order valence-corrected chi connectivity index (χ1v) is 12.6. The smallest absolute Gasteiger partial charge is 0.255 e. The van der Waals surface area contributed by atoms with Crippen LogP contribution in [-0.4, -0.2) is 40.5 Å². The molecule has 3 fully saturated rings. The van der Waals surface area contributed by atoms with Crippen molar-refractivity contribution in [2.24, 2.45) is 23.0 Å². The monoisotopic (exact) mass is 480 g/mol. The van der Waals surface area contributed by atoms with Gasteiger partial charge in [-0.2, -0.15) is 0 Å². The van der Waals surface area contributed by atoms with Gasteiger partial charge in [-0.05, 0) is 73.5 Å². The molecular formula is C26H32N4O5. The Hall–Kier alpha value is -3.23. The summed E-state index contributed by atoms with van der Waals surface area (Å²) in [6.45, 7) is 0.706. The van der Waals surface area contributed by atoms with Crippen LogP contribution in [0.3, 0.4) is 0 Å². The van der Waals surface area contributed by atoms with E-state index in [0.717, 1.165) is 49.7 Å². The first-order chi connectivity index (χ1) is 16.8. The van der Waals surface area contributed by atoms with Gasteiger partial charge in [0, 0.05) is 37.4 Å². The minimum atomic E-state index is -0.632. The molecule has 4 aliphatic rings. The number of carbonyl (C=O) groups excluding carboxylic acids is 5. The van der Waals surface area contributed by atoms with E-state index in [1.54, 1.807) is 6.07 Å². The number of hydrogen-bond donors (Lipinski definition) is 3. The maximum atomic E-state index is 12.8. The van der Waals surface area contributed by atoms with Crippen LogP contribution in [0.15, 0.2) is 18.2 Å². The number of hydrogen-bond acceptors (Lipinski definition) is 5. The predicted octanol–water partition coefficient (Wildman–Crippen LogP) is 1.53. The lowest BCUT2D eigenvalue weighted by molar-refractivity contribution is -0.137. The van der Waals surface area contributed by atoms with Crippen LogP contribution in [0.2, 0.25) is 0 Å². The first-order valence-electron chi connectivity index (χ1n) is 12.6. The zero-order valence-electron chi connectivity index (χ0n) is 19.8. The molecule has 9 nitrogen and oxygen atoms in total. The van der Waals surface area contributed by atoms with Gasteiger partial charge in [0.1, 0.15) is 6.04 Å². The van der Waals surface area contributed by atoms with Crippen molar-refractivity contribution in [3.05, 3.63) is 34.9 Å². The second-order valence-corrected chi connectivity index (χ2v) is 10.6. The molecule has 186 valence electrons. The molecule has 1 aromatic carbocycles. The molecule has 0 radical (unpaired) electrons. The lowest BCUT2D eigenvalue weighted by Crippen LogP contribution is -2.52. The Kier molecular flexibility index (Phi) is 6.11. The van der Waals surface area contributed by atoms with E-state index in [0.29, 0.717) is 42.8 Å². The molecule has 2 aliphatic carbocycles. The van der Waals surface area contributed by atoms with Gasteiger partial charge >= 0.3 is 0 Å². The maximum absolute atomic E-state index is 12.8. The summed E-state index contributed by atoms with van der Waals surface area (Å²) in [7, 11) is 0. The number of primary amides is 1. The van der Waals surface area contributed by atoms with Gasteiger partial charge in [-0.1, -0.05) is 12.1 Å². The first kappa shape index (κ1) is 23.5. The summed E-state index contributed by atoms with van der Waals surface area (Å²) in [5.41, 5.74) is 8.07. The number of fused-ring (bicyclic) bond motifs is 1. The van der Waals surface area contributed by atoms with E-state index in [1.807, 2.05) is 12.1 Å². The summed E-state index contributed by atoms with van der Waals surface area (Å²) >= 11 is 0. The number of nitrogens with two attached hydrogens (primary N) is 1. The molecule has 2 heterocycles. The summed E-state index contributed by atoms with van der Waals surface area (Å²) in [5.74, 6) is -0.520. The highest BCUT2D eigenvalue weighted by molar-refractivity contribution is 6.05. The highest BCUT2D eigenvalue weighted by Crippen LogP contribution is 2.63. The normalized spacial score (nSPS) is 29.7. The standard InChI is InChI=1S/C26H32N4O5/c27-23(33)16-7-9-26(10-8-16)12-18(26)2-5-21(31)28-13-15-1-3-19-17(11-15)14-30(25(19)35)20-4-6-22(32)29-24(20)34/h1,3,11,16,18,20H,2,4-10,12-14H2,(H2,27,33)(H,28,31)(H,29,32,34)/t16?,18-,20?,26?/m0/s1.